The molecule has 5 rings (SSSR count). The average molecular weight is 566 g/mol. The van der Waals surface area contributed by atoms with E-state index >= 15 is 0 Å². The minimum atomic E-state index is -1.17. The Bertz CT molecular complexity index is 1700. The number of guanidine groups is 1. The molecule has 1 aliphatic rings. The van der Waals surface area contributed by atoms with Crippen LogP contribution in [0, 0.1) is 5.82 Å². The summed E-state index contributed by atoms with van der Waals surface area (Å²) in [6.45, 7) is 1.65. The number of hydrogen-bond donors (Lipinski definition) is 5. The van der Waals surface area contributed by atoms with E-state index < -0.39 is 23.7 Å². The van der Waals surface area contributed by atoms with Crippen LogP contribution in [0.5, 0.6) is 5.75 Å². The van der Waals surface area contributed by atoms with Gasteiger partial charge in [-0.1, -0.05) is 17.7 Å². The number of methoxy groups -OCH3 is 1. The maximum absolute atomic E-state index is 13.9. The first-order chi connectivity index (χ1) is 19.1. The second kappa shape index (κ2) is 10.5. The molecule has 6 N–H and O–H groups in total. The number of anilines is 3. The van der Waals surface area contributed by atoms with Gasteiger partial charge in [0.1, 0.15) is 28.9 Å². The van der Waals surface area contributed by atoms with Gasteiger partial charge in [-0.25, -0.2) is 19.2 Å². The first-order valence-corrected chi connectivity index (χ1v) is 12.0. The summed E-state index contributed by atoms with van der Waals surface area (Å²) in [4.78, 5) is 37.8. The van der Waals surface area contributed by atoms with Crippen LogP contribution in [0.1, 0.15) is 28.9 Å². The second-order valence-electron chi connectivity index (χ2n) is 8.61. The molecule has 3 heterocycles. The average Bonchev–Trinajstić information content (AvgIpc) is 3.28. The van der Waals surface area contributed by atoms with Crippen molar-refractivity contribution in [3.8, 4) is 5.75 Å². The van der Waals surface area contributed by atoms with E-state index in [-0.39, 0.29) is 45.2 Å². The zero-order valence-electron chi connectivity index (χ0n) is 21.0. The molecular formula is C26H21ClFN7O5. The number of oxazole rings is 1. The van der Waals surface area contributed by atoms with Crippen LogP contribution in [-0.4, -0.2) is 40.0 Å². The fourth-order valence-corrected chi connectivity index (χ4v) is 4.33. The lowest BCUT2D eigenvalue weighted by atomic mass is 9.95. The van der Waals surface area contributed by atoms with Gasteiger partial charge in [-0.2, -0.15) is 4.98 Å². The predicted octanol–water partition coefficient (Wildman–Crippen LogP) is 4.33. The quantitative estimate of drug-likeness (QED) is 0.211. The van der Waals surface area contributed by atoms with Gasteiger partial charge in [-0.05, 0) is 37.3 Å². The number of aromatic nitrogens is 2. The molecule has 0 fully saturated rings. The smallest absolute Gasteiger partial charge is 0.335 e. The number of rotatable bonds is 6. The number of hydrogen-bond acceptors (Lipinski definition) is 10. The number of ether oxygens (including phenoxy) is 1. The van der Waals surface area contributed by atoms with Crippen LogP contribution in [0.25, 0.3) is 11.1 Å². The Morgan fingerprint density at radius 2 is 2.02 bits per heavy atom. The lowest BCUT2D eigenvalue weighted by molar-refractivity contribution is -0.113. The molecule has 40 heavy (non-hydrogen) atoms. The highest BCUT2D eigenvalue weighted by molar-refractivity contribution is 6.31. The standard InChI is InChI=1S/C26H21ClFN7O5/c1-11-21(23(36)33-20-7-12(24(37)38)5-6-30-20)22(14-4-3-13(39-2)8-15(14)27)34-25(31-11)35-26-32-18-10-17(29)16(28)9-19(18)40-26/h3-10,22H,29H2,1-2H3,(H,37,38)(H,30,33,36)(H2,31,32,34,35). The van der Waals surface area contributed by atoms with E-state index in [2.05, 4.69) is 30.9 Å². The number of nitrogens with two attached hydrogens (primary N) is 1. The van der Waals surface area contributed by atoms with E-state index in [0.29, 0.717) is 22.5 Å². The number of aliphatic imine (C=N–C) groups is 1. The molecule has 12 nitrogen and oxygen atoms in total. The number of nitrogens with zero attached hydrogens (tertiary/aromatic N) is 3. The van der Waals surface area contributed by atoms with Gasteiger partial charge in [0, 0.05) is 28.5 Å². The summed E-state index contributed by atoms with van der Waals surface area (Å²) < 4.78 is 24.7. The maximum atomic E-state index is 13.9. The molecule has 2 aromatic heterocycles. The highest BCUT2D eigenvalue weighted by Crippen LogP contribution is 2.37. The topological polar surface area (TPSA) is 177 Å². The lowest BCUT2D eigenvalue weighted by Crippen LogP contribution is -2.37. The van der Waals surface area contributed by atoms with Crippen LogP contribution in [0.15, 0.2) is 69.3 Å². The molecule has 0 bridgehead atoms. The van der Waals surface area contributed by atoms with Gasteiger partial charge < -0.3 is 30.6 Å². The fraction of sp³-hybridized carbons (Fsp3) is 0.115. The zero-order chi connectivity index (χ0) is 28.6. The first kappa shape index (κ1) is 26.4. The van der Waals surface area contributed by atoms with Crippen molar-refractivity contribution >= 4 is 58.1 Å². The normalized spacial score (nSPS) is 14.9. The number of nitrogens with one attached hydrogen (secondary N) is 3. The molecule has 14 heteroatoms. The molecule has 0 saturated heterocycles. The number of pyridine rings is 1. The van der Waals surface area contributed by atoms with Crippen molar-refractivity contribution < 1.29 is 28.2 Å². The largest absolute Gasteiger partial charge is 0.497 e. The van der Waals surface area contributed by atoms with Crippen molar-refractivity contribution in [2.24, 2.45) is 4.99 Å². The van der Waals surface area contributed by atoms with Gasteiger partial charge in [-0.15, -0.1) is 0 Å². The van der Waals surface area contributed by atoms with Gasteiger partial charge in [0.05, 0.1) is 23.9 Å². The third-order valence-corrected chi connectivity index (χ3v) is 6.30. The predicted molar refractivity (Wildman–Crippen MR) is 146 cm³/mol. The highest BCUT2D eigenvalue weighted by atomic mass is 35.5. The van der Waals surface area contributed by atoms with Crippen molar-refractivity contribution in [1.29, 1.82) is 0 Å². The number of benzene rings is 2. The third kappa shape index (κ3) is 5.22. The SMILES string of the molecule is COc1ccc(C2N=C(Nc3nc4cc(N)c(F)cc4o3)NC(C)=C2C(=O)Nc2cc(C(=O)O)ccn2)c(Cl)c1. The van der Waals surface area contributed by atoms with E-state index in [1.165, 1.54) is 31.5 Å². The molecule has 1 aliphatic heterocycles. The van der Waals surface area contributed by atoms with Gasteiger partial charge >= 0.3 is 12.0 Å². The monoisotopic (exact) mass is 565 g/mol. The number of nitrogen functional groups attached to an aromatic ring is 1. The number of carbonyl (C=O) groups is 2. The van der Waals surface area contributed by atoms with E-state index in [9.17, 15) is 19.1 Å². The fourth-order valence-electron chi connectivity index (χ4n) is 4.05. The highest BCUT2D eigenvalue weighted by Gasteiger charge is 2.31. The Morgan fingerprint density at radius 3 is 2.75 bits per heavy atom. The van der Waals surface area contributed by atoms with Crippen molar-refractivity contribution in [2.75, 3.05) is 23.5 Å². The van der Waals surface area contributed by atoms with Crippen LogP contribution >= 0.6 is 11.6 Å². The number of carboxylic acids is 1. The van der Waals surface area contributed by atoms with Crippen LogP contribution in [0.3, 0.4) is 0 Å². The molecule has 2 aromatic carbocycles. The van der Waals surface area contributed by atoms with Crippen molar-refractivity contribution in [3.63, 3.8) is 0 Å². The third-order valence-electron chi connectivity index (χ3n) is 5.97. The van der Waals surface area contributed by atoms with E-state index in [1.807, 2.05) is 0 Å². The molecular weight excluding hydrogens is 545 g/mol. The summed E-state index contributed by atoms with van der Waals surface area (Å²) in [5, 5.41) is 18.1. The van der Waals surface area contributed by atoms with Gasteiger partial charge in [0.25, 0.3) is 5.91 Å². The number of fused-ring (bicyclic) bond motifs is 1. The summed E-state index contributed by atoms with van der Waals surface area (Å²) in [5.41, 5.74) is 7.07. The molecule has 204 valence electrons. The van der Waals surface area contributed by atoms with Crippen LogP contribution in [0.2, 0.25) is 5.02 Å². The molecule has 0 radical (unpaired) electrons. The zero-order valence-corrected chi connectivity index (χ0v) is 21.7. The summed E-state index contributed by atoms with van der Waals surface area (Å²) in [6, 6.07) is 9.02. The van der Waals surface area contributed by atoms with Crippen molar-refractivity contribution in [1.82, 2.24) is 15.3 Å². The minimum absolute atomic E-state index is 0.00113. The number of allylic oxidation sites excluding steroid dienone is 1. The van der Waals surface area contributed by atoms with Crippen LogP contribution in [-0.2, 0) is 4.79 Å². The Morgan fingerprint density at radius 1 is 1.23 bits per heavy atom. The Kier molecular flexibility index (Phi) is 6.96. The molecule has 1 atom stereocenters. The maximum Gasteiger partial charge on any atom is 0.335 e. The molecule has 0 aliphatic carbocycles. The summed E-state index contributed by atoms with van der Waals surface area (Å²) >= 11 is 6.57. The Hall–Kier alpha value is -5.17. The number of aromatic carboxylic acids is 1. The van der Waals surface area contributed by atoms with E-state index in [4.69, 9.17) is 26.5 Å². The van der Waals surface area contributed by atoms with Gasteiger partial charge in [0.15, 0.2) is 5.58 Å². The molecule has 4 aromatic rings. The first-order valence-electron chi connectivity index (χ1n) is 11.6. The second-order valence-corrected chi connectivity index (χ2v) is 9.01. The number of carbonyl (C=O) groups excluding carboxylic acids is 1. The van der Waals surface area contributed by atoms with Crippen molar-refractivity contribution in [2.45, 2.75) is 13.0 Å². The number of halogens is 2. The summed E-state index contributed by atoms with van der Waals surface area (Å²) in [7, 11) is 1.50. The molecule has 1 amide bonds. The van der Waals surface area contributed by atoms with E-state index in [1.54, 1.807) is 25.1 Å². The molecule has 0 spiro atoms. The van der Waals surface area contributed by atoms with E-state index in [0.717, 1.165) is 6.07 Å². The lowest BCUT2D eigenvalue weighted by Gasteiger charge is -2.27. The Labute approximate surface area is 230 Å². The number of carboxylic acid groups (broad SMARTS) is 1. The van der Waals surface area contributed by atoms with Crippen LogP contribution in [0.4, 0.5) is 21.9 Å². The summed E-state index contributed by atoms with van der Waals surface area (Å²) in [6.07, 6.45) is 1.28. The van der Waals surface area contributed by atoms with Gasteiger partial charge in [-0.3, -0.25) is 10.1 Å². The van der Waals surface area contributed by atoms with Crippen molar-refractivity contribution in [3.05, 3.63) is 81.9 Å². The minimum Gasteiger partial charge on any atom is -0.497 e. The van der Waals surface area contributed by atoms with Crippen LogP contribution < -0.4 is 26.4 Å². The van der Waals surface area contributed by atoms with Gasteiger partial charge in [0.2, 0.25) is 5.96 Å². The summed E-state index contributed by atoms with van der Waals surface area (Å²) in [5.74, 6) is -1.69. The Balaban J connectivity index is 1.51. The molecule has 1 unspecified atom stereocenters. The number of amides is 1. The molecule has 0 saturated carbocycles.